The van der Waals surface area contributed by atoms with Gasteiger partial charge in [-0.1, -0.05) is 127 Å². The molecule has 0 saturated heterocycles. The summed E-state index contributed by atoms with van der Waals surface area (Å²) in [6.45, 7) is 0. The van der Waals surface area contributed by atoms with Gasteiger partial charge in [-0.05, 0) is 75.5 Å². The molecular weight excluding hydrogens is 589 g/mol. The molecule has 0 unspecified atom stereocenters. The molecule has 2 heterocycles. The van der Waals surface area contributed by atoms with E-state index < -0.39 is 0 Å². The molecule has 0 aliphatic heterocycles. The number of thiophene rings is 1. The average Bonchev–Trinajstić information content (AvgIpc) is 3.53. The van der Waals surface area contributed by atoms with Crippen molar-refractivity contribution in [3.63, 3.8) is 0 Å². The van der Waals surface area contributed by atoms with E-state index in [2.05, 4.69) is 164 Å². The Bertz CT molecular complexity index is 2560. The lowest BCUT2D eigenvalue weighted by Crippen LogP contribution is -1.97. The van der Waals surface area contributed by atoms with Gasteiger partial charge in [0.2, 0.25) is 0 Å². The van der Waals surface area contributed by atoms with Gasteiger partial charge in [0.1, 0.15) is 0 Å². The van der Waals surface area contributed by atoms with Crippen LogP contribution in [0.2, 0.25) is 0 Å². The minimum Gasteiger partial charge on any atom is -0.228 e. The highest BCUT2D eigenvalue weighted by atomic mass is 32.1. The van der Waals surface area contributed by atoms with Crippen molar-refractivity contribution in [2.45, 2.75) is 0 Å². The van der Waals surface area contributed by atoms with Gasteiger partial charge in [0, 0.05) is 36.9 Å². The van der Waals surface area contributed by atoms with Gasteiger partial charge in [-0.25, -0.2) is 9.97 Å². The Morgan fingerprint density at radius 1 is 0.340 bits per heavy atom. The zero-order valence-electron chi connectivity index (χ0n) is 25.5. The van der Waals surface area contributed by atoms with E-state index >= 15 is 0 Å². The lowest BCUT2D eigenvalue weighted by atomic mass is 9.94. The van der Waals surface area contributed by atoms with Crippen molar-refractivity contribution in [2.24, 2.45) is 0 Å². The number of nitrogens with zero attached hydrogens (tertiary/aromatic N) is 2. The van der Waals surface area contributed by atoms with Crippen molar-refractivity contribution >= 4 is 42.3 Å². The topological polar surface area (TPSA) is 25.8 Å². The first-order valence-electron chi connectivity index (χ1n) is 15.8. The van der Waals surface area contributed by atoms with Crippen LogP contribution in [0.1, 0.15) is 0 Å². The predicted molar refractivity (Wildman–Crippen MR) is 200 cm³/mol. The number of hydrogen-bond donors (Lipinski definition) is 0. The fraction of sp³-hybridized carbons (Fsp3) is 0. The van der Waals surface area contributed by atoms with Gasteiger partial charge in [-0.2, -0.15) is 0 Å². The SMILES string of the molecule is c1ccc(-c2cc(-c3ccc4sc5ccccc5c4c3)cc(-c3cc(-c4ccccc4)nc(-c4cccc5ccccc45)n3)c2)cc1. The molecule has 0 aliphatic rings. The lowest BCUT2D eigenvalue weighted by Gasteiger charge is -2.14. The van der Waals surface area contributed by atoms with Crippen molar-refractivity contribution in [3.05, 3.63) is 170 Å². The van der Waals surface area contributed by atoms with E-state index in [1.165, 1.54) is 36.7 Å². The number of fused-ring (bicyclic) bond motifs is 4. The third kappa shape index (κ3) is 5.07. The van der Waals surface area contributed by atoms with Gasteiger partial charge in [-0.3, -0.25) is 0 Å². The maximum Gasteiger partial charge on any atom is 0.161 e. The first-order chi connectivity index (χ1) is 23.3. The second-order valence-corrected chi connectivity index (χ2v) is 12.9. The van der Waals surface area contributed by atoms with Crippen LogP contribution in [0, 0.1) is 0 Å². The maximum absolute atomic E-state index is 5.29. The Hall–Kier alpha value is -5.90. The molecular formula is C44H28N2S. The summed E-state index contributed by atoms with van der Waals surface area (Å²) in [6.07, 6.45) is 0. The van der Waals surface area contributed by atoms with Crippen molar-refractivity contribution in [2.75, 3.05) is 0 Å². The monoisotopic (exact) mass is 616 g/mol. The molecule has 2 aromatic heterocycles. The van der Waals surface area contributed by atoms with E-state index in [4.69, 9.17) is 9.97 Å². The third-order valence-electron chi connectivity index (χ3n) is 8.87. The smallest absolute Gasteiger partial charge is 0.161 e. The van der Waals surface area contributed by atoms with E-state index in [9.17, 15) is 0 Å². The molecule has 0 radical (unpaired) electrons. The molecule has 0 aliphatic carbocycles. The van der Waals surface area contributed by atoms with Crippen LogP contribution in [0.5, 0.6) is 0 Å². The quantitative estimate of drug-likeness (QED) is 0.192. The van der Waals surface area contributed by atoms with E-state index in [0.717, 1.165) is 50.4 Å². The van der Waals surface area contributed by atoms with E-state index in [1.807, 2.05) is 17.4 Å². The minimum absolute atomic E-state index is 0.718. The third-order valence-corrected chi connectivity index (χ3v) is 10.0. The van der Waals surface area contributed by atoms with Crippen LogP contribution >= 0.6 is 11.3 Å². The number of aromatic nitrogens is 2. The summed E-state index contributed by atoms with van der Waals surface area (Å²) < 4.78 is 2.62. The molecule has 7 aromatic carbocycles. The number of hydrogen-bond acceptors (Lipinski definition) is 3. The standard InChI is InChI=1S/C44H28N2S/c1-3-12-29(13-4-1)33-24-34(32-22-23-43-39(27-32)37-19-9-10-21-42(37)47-43)26-35(25-33)41-28-40(31-15-5-2-6-16-31)45-44(46-41)38-20-11-17-30-14-7-8-18-36(30)38/h1-28H. The Kier molecular flexibility index (Phi) is 6.69. The molecule has 0 amide bonds. The van der Waals surface area contributed by atoms with Crippen molar-refractivity contribution in [1.29, 1.82) is 0 Å². The Morgan fingerprint density at radius 3 is 1.74 bits per heavy atom. The van der Waals surface area contributed by atoms with Gasteiger partial charge < -0.3 is 0 Å². The van der Waals surface area contributed by atoms with E-state index in [1.54, 1.807) is 0 Å². The van der Waals surface area contributed by atoms with Crippen molar-refractivity contribution in [1.82, 2.24) is 9.97 Å². The van der Waals surface area contributed by atoms with Gasteiger partial charge >= 0.3 is 0 Å². The van der Waals surface area contributed by atoms with Crippen molar-refractivity contribution in [3.8, 4) is 56.2 Å². The van der Waals surface area contributed by atoms with Gasteiger partial charge in [0.15, 0.2) is 5.82 Å². The average molecular weight is 617 g/mol. The van der Waals surface area contributed by atoms with Gasteiger partial charge in [0.25, 0.3) is 0 Å². The summed E-state index contributed by atoms with van der Waals surface area (Å²) in [6, 6.07) is 60.4. The van der Waals surface area contributed by atoms with Crippen LogP contribution in [0.25, 0.3) is 87.1 Å². The summed E-state index contributed by atoms with van der Waals surface area (Å²) in [4.78, 5) is 10.5. The molecule has 0 bridgehead atoms. The largest absolute Gasteiger partial charge is 0.228 e. The summed E-state index contributed by atoms with van der Waals surface area (Å²) >= 11 is 1.85. The number of rotatable bonds is 5. The zero-order chi connectivity index (χ0) is 31.2. The summed E-state index contributed by atoms with van der Waals surface area (Å²) in [7, 11) is 0. The molecule has 0 N–H and O–H groups in total. The Labute approximate surface area is 277 Å². The Morgan fingerprint density at radius 2 is 0.936 bits per heavy atom. The predicted octanol–water partition coefficient (Wildman–Crippen LogP) is 12.3. The van der Waals surface area contributed by atoms with Gasteiger partial charge in [-0.15, -0.1) is 11.3 Å². The number of benzene rings is 7. The van der Waals surface area contributed by atoms with E-state index in [0.29, 0.717) is 0 Å². The normalized spacial score (nSPS) is 11.4. The fourth-order valence-corrected chi connectivity index (χ4v) is 7.62. The van der Waals surface area contributed by atoms with Crippen LogP contribution in [0.4, 0.5) is 0 Å². The van der Waals surface area contributed by atoms with Gasteiger partial charge in [0.05, 0.1) is 11.4 Å². The molecule has 0 saturated carbocycles. The minimum atomic E-state index is 0.718. The van der Waals surface area contributed by atoms with Crippen LogP contribution in [-0.2, 0) is 0 Å². The van der Waals surface area contributed by atoms with Crippen LogP contribution in [0.3, 0.4) is 0 Å². The summed E-state index contributed by atoms with van der Waals surface area (Å²) in [5, 5.41) is 4.91. The first kappa shape index (κ1) is 27.4. The second kappa shape index (κ2) is 11.5. The van der Waals surface area contributed by atoms with Crippen LogP contribution in [-0.4, -0.2) is 9.97 Å². The second-order valence-electron chi connectivity index (χ2n) is 11.8. The molecule has 0 spiro atoms. The molecule has 9 rings (SSSR count). The highest BCUT2D eigenvalue weighted by Crippen LogP contribution is 2.39. The van der Waals surface area contributed by atoms with Crippen LogP contribution < -0.4 is 0 Å². The molecule has 0 fully saturated rings. The van der Waals surface area contributed by atoms with Crippen molar-refractivity contribution < 1.29 is 0 Å². The molecule has 47 heavy (non-hydrogen) atoms. The highest BCUT2D eigenvalue weighted by molar-refractivity contribution is 7.25. The molecule has 9 aromatic rings. The summed E-state index contributed by atoms with van der Waals surface area (Å²) in [5.41, 5.74) is 9.60. The molecule has 220 valence electrons. The lowest BCUT2D eigenvalue weighted by molar-refractivity contribution is 1.19. The Balaban J connectivity index is 1.28. The summed E-state index contributed by atoms with van der Waals surface area (Å²) in [5.74, 6) is 0.718. The highest BCUT2D eigenvalue weighted by Gasteiger charge is 2.15. The van der Waals surface area contributed by atoms with E-state index in [-0.39, 0.29) is 0 Å². The zero-order valence-corrected chi connectivity index (χ0v) is 26.3. The molecule has 0 atom stereocenters. The molecule has 3 heteroatoms. The fourth-order valence-electron chi connectivity index (χ4n) is 6.54. The molecule has 2 nitrogen and oxygen atoms in total. The maximum atomic E-state index is 5.29. The first-order valence-corrected chi connectivity index (χ1v) is 16.6. The van der Waals surface area contributed by atoms with Crippen LogP contribution in [0.15, 0.2) is 170 Å².